The van der Waals surface area contributed by atoms with Crippen LogP contribution in [0.4, 0.5) is 5.69 Å². The highest BCUT2D eigenvalue weighted by Gasteiger charge is 2.20. The van der Waals surface area contributed by atoms with Gasteiger partial charge >= 0.3 is 0 Å². The van der Waals surface area contributed by atoms with Gasteiger partial charge in [-0.2, -0.15) is 0 Å². The lowest BCUT2D eigenvalue weighted by atomic mass is 10.1. The number of anilines is 1. The molecule has 88 valence electrons. The van der Waals surface area contributed by atoms with Crippen molar-refractivity contribution in [2.75, 3.05) is 24.7 Å². The molecule has 0 saturated carbocycles. The van der Waals surface area contributed by atoms with Crippen LogP contribution < -0.4 is 10.6 Å². The van der Waals surface area contributed by atoms with E-state index >= 15 is 0 Å². The van der Waals surface area contributed by atoms with Crippen molar-refractivity contribution in [1.82, 2.24) is 0 Å². The Kier molecular flexibility index (Phi) is 3.84. The zero-order chi connectivity index (χ0) is 11.5. The van der Waals surface area contributed by atoms with Gasteiger partial charge in [-0.1, -0.05) is 15.9 Å². The summed E-state index contributed by atoms with van der Waals surface area (Å²) in [5.74, 6) is 0. The Morgan fingerprint density at radius 2 is 2.38 bits per heavy atom. The van der Waals surface area contributed by atoms with E-state index in [1.54, 1.807) is 0 Å². The van der Waals surface area contributed by atoms with Crippen molar-refractivity contribution in [3.63, 3.8) is 0 Å². The highest BCUT2D eigenvalue weighted by Crippen LogP contribution is 2.27. The van der Waals surface area contributed by atoms with Crippen LogP contribution in [0.15, 0.2) is 22.7 Å². The minimum Gasteiger partial charge on any atom is -0.377 e. The molecule has 1 unspecified atom stereocenters. The van der Waals surface area contributed by atoms with Crippen LogP contribution in [0, 0.1) is 0 Å². The van der Waals surface area contributed by atoms with Crippen LogP contribution in [-0.2, 0) is 11.3 Å². The average Bonchev–Trinajstić information content (AvgIpc) is 2.30. The van der Waals surface area contributed by atoms with E-state index in [1.807, 2.05) is 0 Å². The zero-order valence-corrected chi connectivity index (χ0v) is 11.0. The molecule has 4 heteroatoms. The number of benzene rings is 1. The summed E-state index contributed by atoms with van der Waals surface area (Å²) < 4.78 is 6.53. The first kappa shape index (κ1) is 11.9. The normalized spacial score (nSPS) is 21.2. The molecule has 1 aliphatic heterocycles. The van der Waals surface area contributed by atoms with E-state index in [9.17, 15) is 0 Å². The Bertz CT molecular complexity index is 370. The SMILES string of the molecule is CC1COCCN1c1ccc(Br)cc1CN. The summed E-state index contributed by atoms with van der Waals surface area (Å²) in [6.07, 6.45) is 0. The molecule has 1 fully saturated rings. The first-order valence-electron chi connectivity index (χ1n) is 5.55. The Hall–Kier alpha value is -0.580. The monoisotopic (exact) mass is 284 g/mol. The van der Waals surface area contributed by atoms with E-state index in [0.717, 1.165) is 24.2 Å². The third-order valence-corrected chi connectivity index (χ3v) is 3.43. The van der Waals surface area contributed by atoms with Crippen molar-refractivity contribution in [2.24, 2.45) is 5.73 Å². The fraction of sp³-hybridized carbons (Fsp3) is 0.500. The minimum absolute atomic E-state index is 0.417. The molecule has 1 aromatic carbocycles. The van der Waals surface area contributed by atoms with Gasteiger partial charge in [0.2, 0.25) is 0 Å². The zero-order valence-electron chi connectivity index (χ0n) is 9.45. The number of nitrogens with two attached hydrogens (primary N) is 1. The van der Waals surface area contributed by atoms with Gasteiger partial charge in [-0.25, -0.2) is 0 Å². The lowest BCUT2D eigenvalue weighted by Crippen LogP contribution is -2.44. The molecular formula is C12H17BrN2O. The van der Waals surface area contributed by atoms with Gasteiger partial charge in [0.1, 0.15) is 0 Å². The van der Waals surface area contributed by atoms with Crippen molar-refractivity contribution in [3.8, 4) is 0 Å². The Morgan fingerprint density at radius 1 is 1.56 bits per heavy atom. The first-order chi connectivity index (χ1) is 7.72. The fourth-order valence-electron chi connectivity index (χ4n) is 2.08. The van der Waals surface area contributed by atoms with Crippen LogP contribution in [0.3, 0.4) is 0 Å². The molecule has 2 N–H and O–H groups in total. The Balaban J connectivity index is 2.30. The molecule has 0 bridgehead atoms. The summed E-state index contributed by atoms with van der Waals surface area (Å²) in [6.45, 7) is 5.28. The van der Waals surface area contributed by atoms with Crippen molar-refractivity contribution in [3.05, 3.63) is 28.2 Å². The molecule has 0 amide bonds. The summed E-state index contributed by atoms with van der Waals surface area (Å²) in [6, 6.07) is 6.71. The number of morpholine rings is 1. The molecule has 3 nitrogen and oxygen atoms in total. The van der Waals surface area contributed by atoms with Gasteiger partial charge in [0.05, 0.1) is 13.2 Å². The highest BCUT2D eigenvalue weighted by atomic mass is 79.9. The number of nitrogens with zero attached hydrogens (tertiary/aromatic N) is 1. The first-order valence-corrected chi connectivity index (χ1v) is 6.34. The number of hydrogen-bond acceptors (Lipinski definition) is 3. The third-order valence-electron chi connectivity index (χ3n) is 2.94. The number of hydrogen-bond donors (Lipinski definition) is 1. The topological polar surface area (TPSA) is 38.5 Å². The summed E-state index contributed by atoms with van der Waals surface area (Å²) >= 11 is 3.48. The van der Waals surface area contributed by atoms with Gasteiger partial charge in [-0.05, 0) is 30.7 Å². The quantitative estimate of drug-likeness (QED) is 0.904. The number of rotatable bonds is 2. The summed E-state index contributed by atoms with van der Waals surface area (Å²) in [7, 11) is 0. The lowest BCUT2D eigenvalue weighted by molar-refractivity contribution is 0.0988. The Morgan fingerprint density at radius 3 is 3.06 bits per heavy atom. The lowest BCUT2D eigenvalue weighted by Gasteiger charge is -2.36. The highest BCUT2D eigenvalue weighted by molar-refractivity contribution is 9.10. The van der Waals surface area contributed by atoms with Crippen LogP contribution >= 0.6 is 15.9 Å². The second-order valence-corrected chi connectivity index (χ2v) is 5.01. The molecule has 1 aromatic rings. The second-order valence-electron chi connectivity index (χ2n) is 4.09. The molecule has 1 aliphatic rings. The van der Waals surface area contributed by atoms with Gasteiger partial charge in [-0.3, -0.25) is 0 Å². The predicted molar refractivity (Wildman–Crippen MR) is 69.7 cm³/mol. The maximum Gasteiger partial charge on any atom is 0.0668 e. The number of halogens is 1. The van der Waals surface area contributed by atoms with Crippen molar-refractivity contribution in [1.29, 1.82) is 0 Å². The minimum atomic E-state index is 0.417. The van der Waals surface area contributed by atoms with E-state index < -0.39 is 0 Å². The van der Waals surface area contributed by atoms with E-state index in [-0.39, 0.29) is 0 Å². The van der Waals surface area contributed by atoms with E-state index in [0.29, 0.717) is 12.6 Å². The van der Waals surface area contributed by atoms with Crippen molar-refractivity contribution < 1.29 is 4.74 Å². The number of ether oxygens (including phenoxy) is 1. The maximum atomic E-state index is 5.79. The molecule has 16 heavy (non-hydrogen) atoms. The van der Waals surface area contributed by atoms with Gasteiger partial charge in [0.15, 0.2) is 0 Å². The standard InChI is InChI=1S/C12H17BrN2O/c1-9-8-16-5-4-15(9)12-3-2-11(13)6-10(12)7-14/h2-3,6,9H,4-5,7-8,14H2,1H3. The molecule has 0 radical (unpaired) electrons. The Labute approximate surface area is 105 Å². The van der Waals surface area contributed by atoms with Gasteiger partial charge < -0.3 is 15.4 Å². The smallest absolute Gasteiger partial charge is 0.0668 e. The van der Waals surface area contributed by atoms with Crippen LogP contribution in [0.1, 0.15) is 12.5 Å². The van der Waals surface area contributed by atoms with E-state index in [2.05, 4.69) is 46.0 Å². The maximum absolute atomic E-state index is 5.79. The van der Waals surface area contributed by atoms with E-state index in [1.165, 1.54) is 11.3 Å². The molecular weight excluding hydrogens is 268 g/mol. The summed E-state index contributed by atoms with van der Waals surface area (Å²) in [5, 5.41) is 0. The molecule has 1 atom stereocenters. The molecule has 0 aromatic heterocycles. The molecule has 0 spiro atoms. The summed E-state index contributed by atoms with van der Waals surface area (Å²) in [4.78, 5) is 2.37. The van der Waals surface area contributed by atoms with Gasteiger partial charge in [0, 0.05) is 29.3 Å². The van der Waals surface area contributed by atoms with Gasteiger partial charge in [0.25, 0.3) is 0 Å². The van der Waals surface area contributed by atoms with Crippen LogP contribution in [0.5, 0.6) is 0 Å². The van der Waals surface area contributed by atoms with Crippen LogP contribution in [-0.4, -0.2) is 25.8 Å². The summed E-state index contributed by atoms with van der Waals surface area (Å²) in [5.41, 5.74) is 8.21. The second kappa shape index (κ2) is 5.17. The van der Waals surface area contributed by atoms with E-state index in [4.69, 9.17) is 10.5 Å². The average molecular weight is 285 g/mol. The predicted octanol–water partition coefficient (Wildman–Crippen LogP) is 2.13. The van der Waals surface area contributed by atoms with Crippen LogP contribution in [0.25, 0.3) is 0 Å². The third kappa shape index (κ3) is 2.39. The molecule has 1 saturated heterocycles. The molecule has 1 heterocycles. The van der Waals surface area contributed by atoms with Crippen molar-refractivity contribution in [2.45, 2.75) is 19.5 Å². The van der Waals surface area contributed by atoms with Crippen molar-refractivity contribution >= 4 is 21.6 Å². The van der Waals surface area contributed by atoms with Gasteiger partial charge in [-0.15, -0.1) is 0 Å². The van der Waals surface area contributed by atoms with Crippen LogP contribution in [0.2, 0.25) is 0 Å². The molecule has 2 rings (SSSR count). The fourth-order valence-corrected chi connectivity index (χ4v) is 2.49. The largest absolute Gasteiger partial charge is 0.377 e. The molecule has 0 aliphatic carbocycles.